The maximum Gasteiger partial charge on any atom is 0.332 e. The zero-order valence-corrected chi connectivity index (χ0v) is 12.6. The van der Waals surface area contributed by atoms with E-state index in [0.29, 0.717) is 11.3 Å². The summed E-state index contributed by atoms with van der Waals surface area (Å²) >= 11 is 4.48. The number of thiocarbonyl (C=S) groups is 1. The number of aryl methyl sites for hydroxylation is 1. The zero-order valence-electron chi connectivity index (χ0n) is 11.0. The molecule has 0 atom stereocenters. The summed E-state index contributed by atoms with van der Waals surface area (Å²) < 4.78 is 28.6. The van der Waals surface area contributed by atoms with Crippen LogP contribution in [0.1, 0.15) is 5.56 Å². The van der Waals surface area contributed by atoms with E-state index < -0.39 is 10.1 Å². The summed E-state index contributed by atoms with van der Waals surface area (Å²) in [6.07, 6.45) is 0. The van der Waals surface area contributed by atoms with Crippen LogP contribution in [-0.2, 0) is 14.5 Å². The van der Waals surface area contributed by atoms with Gasteiger partial charge in [-0.3, -0.25) is 0 Å². The van der Waals surface area contributed by atoms with Gasteiger partial charge in [0.15, 0.2) is 5.75 Å². The minimum absolute atomic E-state index is 0.0620. The van der Waals surface area contributed by atoms with Gasteiger partial charge in [-0.1, -0.05) is 22.5 Å². The maximum atomic E-state index is 12.0. The molecule has 108 valence electrons. The second-order valence-electron chi connectivity index (χ2n) is 4.07. The van der Waals surface area contributed by atoms with E-state index in [1.54, 1.807) is 37.3 Å². The van der Waals surface area contributed by atoms with Gasteiger partial charge in [-0.15, -0.1) is 0 Å². The average molecular weight is 321 g/mol. The molecule has 0 radical (unpaired) electrons. The average Bonchev–Trinajstić information content (AvgIpc) is 2.47. The molecule has 0 spiro atoms. The topological polar surface area (TPSA) is 65.0 Å². The number of rotatable bonds is 5. The molecule has 0 saturated carbocycles. The van der Waals surface area contributed by atoms with Crippen molar-refractivity contribution in [3.05, 3.63) is 54.1 Å². The summed E-state index contributed by atoms with van der Waals surface area (Å²) in [4.78, 5) is 8.67. The number of benzene rings is 2. The fourth-order valence-corrected chi connectivity index (χ4v) is 2.64. The first-order chi connectivity index (χ1) is 10.0. The normalized spacial score (nSPS) is 10.7. The Balaban J connectivity index is 2.12. The third-order valence-corrected chi connectivity index (χ3v) is 3.93. The minimum Gasteiger partial charge on any atom is -0.321 e. The molecule has 0 heterocycles. The third kappa shape index (κ3) is 3.96. The van der Waals surface area contributed by atoms with Crippen LogP contribution in [-0.4, -0.2) is 13.6 Å². The quantitative estimate of drug-likeness (QED) is 0.365. The highest BCUT2D eigenvalue weighted by Gasteiger charge is 2.19. The predicted octanol–water partition coefficient (Wildman–Crippen LogP) is 3.43. The van der Waals surface area contributed by atoms with E-state index in [4.69, 9.17) is 4.89 Å². The van der Waals surface area contributed by atoms with Crippen LogP contribution in [0.3, 0.4) is 0 Å². The molecule has 0 aliphatic heterocycles. The van der Waals surface area contributed by atoms with Gasteiger partial charge in [0.25, 0.3) is 0 Å². The minimum atomic E-state index is -3.98. The zero-order chi connectivity index (χ0) is 15.3. The first kappa shape index (κ1) is 15.3. The molecular weight excluding hydrogens is 310 g/mol. The summed E-state index contributed by atoms with van der Waals surface area (Å²) in [6, 6.07) is 12.7. The SMILES string of the molecule is Cc1ccccc1S(=O)(=O)OOc1ccc(N=C=S)cc1. The number of hydrogen-bond donors (Lipinski definition) is 0. The van der Waals surface area contributed by atoms with E-state index >= 15 is 0 Å². The van der Waals surface area contributed by atoms with Crippen molar-refractivity contribution in [2.45, 2.75) is 11.8 Å². The van der Waals surface area contributed by atoms with Gasteiger partial charge in [-0.2, -0.15) is 13.4 Å². The van der Waals surface area contributed by atoms with Crippen LogP contribution in [0.15, 0.2) is 58.4 Å². The highest BCUT2D eigenvalue weighted by molar-refractivity contribution is 7.86. The monoisotopic (exact) mass is 321 g/mol. The molecule has 0 saturated heterocycles. The van der Waals surface area contributed by atoms with Gasteiger partial charge in [0, 0.05) is 0 Å². The Hall–Kier alpha value is -2.05. The van der Waals surface area contributed by atoms with Crippen LogP contribution in [0.25, 0.3) is 0 Å². The Morgan fingerprint density at radius 3 is 2.38 bits per heavy atom. The lowest BCUT2D eigenvalue weighted by Gasteiger charge is -2.07. The number of hydrogen-bond acceptors (Lipinski definition) is 6. The van der Waals surface area contributed by atoms with E-state index in [0.717, 1.165) is 0 Å². The smallest absolute Gasteiger partial charge is 0.321 e. The second kappa shape index (κ2) is 6.60. The fraction of sp³-hybridized carbons (Fsp3) is 0.0714. The van der Waals surface area contributed by atoms with Crippen molar-refractivity contribution in [3.63, 3.8) is 0 Å². The van der Waals surface area contributed by atoms with Gasteiger partial charge in [0.2, 0.25) is 0 Å². The summed E-state index contributed by atoms with van der Waals surface area (Å²) in [5.41, 5.74) is 1.16. The highest BCUT2D eigenvalue weighted by Crippen LogP contribution is 2.21. The van der Waals surface area contributed by atoms with Crippen LogP contribution >= 0.6 is 12.2 Å². The molecule has 2 aromatic carbocycles. The summed E-state index contributed by atoms with van der Waals surface area (Å²) in [6.45, 7) is 1.67. The molecule has 2 aromatic rings. The Bertz CT molecular complexity index is 779. The molecule has 0 aliphatic carbocycles. The molecule has 0 aliphatic rings. The van der Waals surface area contributed by atoms with E-state index in [1.165, 1.54) is 18.2 Å². The molecule has 0 fully saturated rings. The van der Waals surface area contributed by atoms with Crippen molar-refractivity contribution in [2.24, 2.45) is 4.99 Å². The van der Waals surface area contributed by atoms with Crippen LogP contribution < -0.4 is 4.89 Å². The van der Waals surface area contributed by atoms with Gasteiger partial charge in [0.1, 0.15) is 4.90 Å². The van der Waals surface area contributed by atoms with Crippen LogP contribution in [0.4, 0.5) is 5.69 Å². The lowest BCUT2D eigenvalue weighted by molar-refractivity contribution is -0.0926. The van der Waals surface area contributed by atoms with Gasteiger partial charge < -0.3 is 4.89 Å². The molecule has 0 aromatic heterocycles. The van der Waals surface area contributed by atoms with Crippen molar-refractivity contribution < 1.29 is 17.6 Å². The van der Waals surface area contributed by atoms with Gasteiger partial charge in [-0.05, 0) is 55.0 Å². The first-order valence-corrected chi connectivity index (χ1v) is 7.69. The number of aliphatic imine (C=N–C) groups is 1. The molecule has 0 unspecified atom stereocenters. The van der Waals surface area contributed by atoms with E-state index in [-0.39, 0.29) is 10.6 Å². The summed E-state index contributed by atoms with van der Waals surface area (Å²) in [7, 11) is -3.98. The van der Waals surface area contributed by atoms with Crippen molar-refractivity contribution in [1.29, 1.82) is 0 Å². The lowest BCUT2D eigenvalue weighted by Crippen LogP contribution is -2.10. The van der Waals surface area contributed by atoms with Gasteiger partial charge >= 0.3 is 10.1 Å². The van der Waals surface area contributed by atoms with Crippen molar-refractivity contribution >= 4 is 33.2 Å². The third-order valence-electron chi connectivity index (χ3n) is 2.59. The number of nitrogens with zero attached hydrogens (tertiary/aromatic N) is 1. The van der Waals surface area contributed by atoms with Crippen LogP contribution in [0, 0.1) is 6.92 Å². The molecule has 7 heteroatoms. The Kier molecular flexibility index (Phi) is 4.82. The largest absolute Gasteiger partial charge is 0.332 e. The molecular formula is C14H11NO4S2. The van der Waals surface area contributed by atoms with Gasteiger partial charge in [0.05, 0.1) is 10.8 Å². The molecule has 0 bridgehead atoms. The summed E-state index contributed by atoms with van der Waals surface area (Å²) in [5, 5.41) is 2.23. The van der Waals surface area contributed by atoms with Crippen molar-refractivity contribution in [3.8, 4) is 5.75 Å². The molecule has 2 rings (SSSR count). The number of isothiocyanates is 1. The Morgan fingerprint density at radius 1 is 1.10 bits per heavy atom. The van der Waals surface area contributed by atoms with E-state index in [9.17, 15) is 8.42 Å². The lowest BCUT2D eigenvalue weighted by atomic mass is 10.2. The molecule has 0 N–H and O–H groups in total. The van der Waals surface area contributed by atoms with E-state index in [1.807, 2.05) is 0 Å². The van der Waals surface area contributed by atoms with E-state index in [2.05, 4.69) is 26.7 Å². The van der Waals surface area contributed by atoms with Crippen LogP contribution in [0.5, 0.6) is 5.75 Å². The first-order valence-electron chi connectivity index (χ1n) is 5.87. The van der Waals surface area contributed by atoms with Crippen molar-refractivity contribution in [2.75, 3.05) is 0 Å². The molecule has 21 heavy (non-hydrogen) atoms. The standard InChI is InChI=1S/C14H11NO4S2/c1-11-4-2-3-5-14(11)21(16,17)19-18-13-8-6-12(7-9-13)15-10-20/h2-9H,1H3. The maximum absolute atomic E-state index is 12.0. The van der Waals surface area contributed by atoms with Gasteiger partial charge in [-0.25, -0.2) is 0 Å². The highest BCUT2D eigenvalue weighted by atomic mass is 32.2. The predicted molar refractivity (Wildman–Crippen MR) is 81.2 cm³/mol. The Labute approximate surface area is 127 Å². The fourth-order valence-electron chi connectivity index (χ4n) is 1.59. The summed E-state index contributed by atoms with van der Waals surface area (Å²) in [5.74, 6) is 0.232. The molecule has 0 amide bonds. The van der Waals surface area contributed by atoms with Crippen LogP contribution in [0.2, 0.25) is 0 Å². The second-order valence-corrected chi connectivity index (χ2v) is 5.73. The molecule has 5 nitrogen and oxygen atoms in total. The Morgan fingerprint density at radius 2 is 1.76 bits per heavy atom. The van der Waals surface area contributed by atoms with Crippen molar-refractivity contribution in [1.82, 2.24) is 0 Å².